The molecule has 2 atom stereocenters. The van der Waals surface area contributed by atoms with Crippen molar-refractivity contribution in [1.82, 2.24) is 5.32 Å². The predicted molar refractivity (Wildman–Crippen MR) is 84.6 cm³/mol. The van der Waals surface area contributed by atoms with Gasteiger partial charge in [0.1, 0.15) is 12.6 Å². The second-order valence-corrected chi connectivity index (χ2v) is 6.11. The van der Waals surface area contributed by atoms with Crippen molar-refractivity contribution < 1.29 is 34.8 Å². The van der Waals surface area contributed by atoms with Crippen LogP contribution in [0.15, 0.2) is 16.4 Å². The number of aliphatic hydroxyl groups is 2. The monoisotopic (exact) mass is 344 g/mol. The highest BCUT2D eigenvalue weighted by Gasteiger charge is 2.39. The normalized spacial score (nSPS) is 24.2. The first kappa shape index (κ1) is 19.9. The van der Waals surface area contributed by atoms with E-state index in [1.807, 2.05) is 0 Å². The van der Waals surface area contributed by atoms with E-state index in [4.69, 9.17) is 9.84 Å². The van der Waals surface area contributed by atoms with E-state index in [-0.39, 0.29) is 35.9 Å². The first-order valence-electron chi connectivity index (χ1n) is 7.48. The molecule has 1 unspecified atom stereocenters. The lowest BCUT2D eigenvalue weighted by atomic mass is 9.85. The Hall–Kier alpha value is -2.13. The van der Waals surface area contributed by atoms with Gasteiger partial charge in [0.05, 0.1) is 30.7 Å². The van der Waals surface area contributed by atoms with Gasteiger partial charge in [0.25, 0.3) is 0 Å². The molecule has 0 saturated heterocycles. The van der Waals surface area contributed by atoms with E-state index < -0.39 is 36.7 Å². The van der Waals surface area contributed by atoms with E-state index in [2.05, 4.69) is 10.3 Å². The Labute approximate surface area is 139 Å². The minimum Gasteiger partial charge on any atom is -0.493 e. The Bertz CT molecular complexity index is 556. The highest BCUT2D eigenvalue weighted by atomic mass is 16.5. The van der Waals surface area contributed by atoms with Gasteiger partial charge >= 0.3 is 11.9 Å². The van der Waals surface area contributed by atoms with Crippen molar-refractivity contribution in [3.63, 3.8) is 0 Å². The molecule has 0 amide bonds. The highest BCUT2D eigenvalue weighted by molar-refractivity contribution is 6.01. The summed E-state index contributed by atoms with van der Waals surface area (Å²) in [5.74, 6) is -2.29. The lowest BCUT2D eigenvalue weighted by Crippen LogP contribution is -2.48. The summed E-state index contributed by atoms with van der Waals surface area (Å²) in [5, 5.41) is 40.8. The van der Waals surface area contributed by atoms with E-state index >= 15 is 0 Å². The smallest absolute Gasteiger partial charge is 0.326 e. The fraction of sp³-hybridized carbons (Fsp3) is 0.667. The Kier molecular flexibility index (Phi) is 6.73. The molecule has 24 heavy (non-hydrogen) atoms. The number of allylic oxidation sites excluding steroid dienone is 1. The van der Waals surface area contributed by atoms with E-state index in [0.717, 1.165) is 0 Å². The number of aliphatic carboxylic acids is 2. The second kappa shape index (κ2) is 8.11. The van der Waals surface area contributed by atoms with E-state index in [1.54, 1.807) is 13.8 Å². The van der Waals surface area contributed by atoms with Crippen LogP contribution in [0.2, 0.25) is 0 Å². The molecule has 0 bridgehead atoms. The summed E-state index contributed by atoms with van der Waals surface area (Å²) in [4.78, 5) is 26.0. The molecule has 1 aliphatic carbocycles. The molecule has 136 valence electrons. The minimum atomic E-state index is -1.57. The number of carbonyl (C=O) groups is 2. The maximum atomic E-state index is 11.4. The molecule has 0 fully saturated rings. The quantitative estimate of drug-likeness (QED) is 0.399. The number of aliphatic hydroxyl groups excluding tert-OH is 1. The average molecular weight is 344 g/mol. The van der Waals surface area contributed by atoms with Gasteiger partial charge in [0.15, 0.2) is 5.76 Å². The predicted octanol–water partition coefficient (Wildman–Crippen LogP) is -0.414. The van der Waals surface area contributed by atoms with Crippen molar-refractivity contribution in [2.75, 3.05) is 20.3 Å². The van der Waals surface area contributed by atoms with Crippen LogP contribution in [0, 0.1) is 5.92 Å². The number of nitrogens with one attached hydrogen (secondary N) is 1. The molecule has 0 radical (unpaired) electrons. The van der Waals surface area contributed by atoms with Crippen molar-refractivity contribution in [2.24, 2.45) is 10.9 Å². The van der Waals surface area contributed by atoms with Gasteiger partial charge in [0.2, 0.25) is 0 Å². The summed E-state index contributed by atoms with van der Waals surface area (Å²) in [7, 11) is 1.35. The molecule has 5 N–H and O–H groups in total. The first-order chi connectivity index (χ1) is 11.1. The van der Waals surface area contributed by atoms with E-state index in [1.165, 1.54) is 7.11 Å². The van der Waals surface area contributed by atoms with Crippen LogP contribution in [0.1, 0.15) is 26.7 Å². The maximum absolute atomic E-state index is 11.4. The van der Waals surface area contributed by atoms with E-state index in [9.17, 15) is 24.9 Å². The largest absolute Gasteiger partial charge is 0.493 e. The van der Waals surface area contributed by atoms with Crippen LogP contribution in [-0.2, 0) is 14.3 Å². The standard InChI is InChI=1S/C15H24N2O7/c1-8(2)12(14(21)22)17-10-5-15(23,7-18)4-9(13(10)24-3)16-6-11(19)20/h8,12,17-18,23H,4-7H2,1-3H3,(H,19,20)(H,21,22)/t12?,15-/m0/s1. The van der Waals surface area contributed by atoms with Gasteiger partial charge in [-0.2, -0.15) is 0 Å². The van der Waals surface area contributed by atoms with Gasteiger partial charge in [-0.3, -0.25) is 9.79 Å². The van der Waals surface area contributed by atoms with Crippen molar-refractivity contribution in [3.05, 3.63) is 11.5 Å². The van der Waals surface area contributed by atoms with Crippen molar-refractivity contribution in [2.45, 2.75) is 38.3 Å². The summed E-state index contributed by atoms with van der Waals surface area (Å²) in [6.45, 7) is 2.34. The molecule has 0 spiro atoms. The molecule has 9 heteroatoms. The summed E-state index contributed by atoms with van der Waals surface area (Å²) < 4.78 is 5.25. The number of ether oxygens (including phenoxy) is 1. The molecule has 0 aromatic rings. The van der Waals surface area contributed by atoms with Gasteiger partial charge in [-0.1, -0.05) is 13.8 Å². The van der Waals surface area contributed by atoms with Crippen LogP contribution >= 0.6 is 0 Å². The Morgan fingerprint density at radius 1 is 1.33 bits per heavy atom. The number of hydrogen-bond acceptors (Lipinski definition) is 7. The number of aliphatic imine (C=N–C) groups is 1. The molecular weight excluding hydrogens is 320 g/mol. The SMILES string of the molecule is COC1=C(NC(C(=O)O)C(C)C)C[C@](O)(CO)CC1=NCC(=O)O. The fourth-order valence-electron chi connectivity index (χ4n) is 2.50. The molecule has 0 heterocycles. The van der Waals surface area contributed by atoms with Crippen LogP contribution in [0.4, 0.5) is 0 Å². The van der Waals surface area contributed by atoms with Gasteiger partial charge < -0.3 is 30.5 Å². The number of rotatable bonds is 8. The lowest BCUT2D eigenvalue weighted by Gasteiger charge is -2.35. The zero-order valence-electron chi connectivity index (χ0n) is 13.9. The molecule has 0 aliphatic heterocycles. The third-order valence-electron chi connectivity index (χ3n) is 3.70. The topological polar surface area (TPSA) is 149 Å². The third kappa shape index (κ3) is 4.93. The molecule has 0 aromatic heterocycles. The molecular formula is C15H24N2O7. The van der Waals surface area contributed by atoms with Gasteiger partial charge in [-0.25, -0.2) is 4.79 Å². The Balaban J connectivity index is 3.29. The molecule has 0 saturated carbocycles. The summed E-state index contributed by atoms with van der Waals surface area (Å²) >= 11 is 0. The third-order valence-corrected chi connectivity index (χ3v) is 3.70. The summed E-state index contributed by atoms with van der Waals surface area (Å²) in [6.07, 6.45) is -0.153. The van der Waals surface area contributed by atoms with Gasteiger partial charge in [-0.15, -0.1) is 0 Å². The second-order valence-electron chi connectivity index (χ2n) is 6.11. The van der Waals surface area contributed by atoms with Crippen molar-refractivity contribution in [1.29, 1.82) is 0 Å². The molecule has 1 aliphatic rings. The van der Waals surface area contributed by atoms with Crippen LogP contribution < -0.4 is 5.32 Å². The van der Waals surface area contributed by atoms with Crippen molar-refractivity contribution in [3.8, 4) is 0 Å². The number of methoxy groups -OCH3 is 1. The molecule has 0 aromatic carbocycles. The minimum absolute atomic E-state index is 0.0603. The molecule has 9 nitrogen and oxygen atoms in total. The number of nitrogens with zero attached hydrogens (tertiary/aromatic N) is 1. The average Bonchev–Trinajstić information content (AvgIpc) is 2.49. The van der Waals surface area contributed by atoms with Gasteiger partial charge in [0, 0.05) is 12.8 Å². The van der Waals surface area contributed by atoms with Crippen molar-refractivity contribution >= 4 is 17.7 Å². The van der Waals surface area contributed by atoms with Crippen LogP contribution in [-0.4, -0.2) is 70.0 Å². The van der Waals surface area contributed by atoms with Crippen LogP contribution in [0.5, 0.6) is 0 Å². The zero-order valence-corrected chi connectivity index (χ0v) is 13.9. The summed E-state index contributed by atoms with van der Waals surface area (Å²) in [5.41, 5.74) is -1.13. The van der Waals surface area contributed by atoms with Gasteiger partial charge in [-0.05, 0) is 5.92 Å². The Morgan fingerprint density at radius 2 is 1.96 bits per heavy atom. The van der Waals surface area contributed by atoms with E-state index in [0.29, 0.717) is 0 Å². The number of carboxylic acids is 2. The zero-order chi connectivity index (χ0) is 18.5. The summed E-state index contributed by atoms with van der Waals surface area (Å²) in [6, 6.07) is -0.938. The fourth-order valence-corrected chi connectivity index (χ4v) is 2.50. The number of hydrogen-bond donors (Lipinski definition) is 5. The highest BCUT2D eigenvalue weighted by Crippen LogP contribution is 2.31. The van der Waals surface area contributed by atoms with Crippen LogP contribution in [0.25, 0.3) is 0 Å². The molecule has 1 rings (SSSR count). The lowest BCUT2D eigenvalue weighted by molar-refractivity contribution is -0.140. The maximum Gasteiger partial charge on any atom is 0.326 e. The number of carboxylic acid groups (broad SMARTS) is 2. The first-order valence-corrected chi connectivity index (χ1v) is 7.48. The Morgan fingerprint density at radius 3 is 2.38 bits per heavy atom. The van der Waals surface area contributed by atoms with Crippen LogP contribution in [0.3, 0.4) is 0 Å².